The topological polar surface area (TPSA) is 72.9 Å². The fraction of sp³-hybridized carbons (Fsp3) is 0.429. The third kappa shape index (κ3) is 4.64. The SMILES string of the molecule is CNC1CC(N(CC=O)C(=O)O)CCN1CCc1ccc2ccccc2c1. The monoisotopic (exact) mass is 369 g/mol. The molecule has 2 aromatic rings. The van der Waals surface area contributed by atoms with E-state index >= 15 is 0 Å². The van der Waals surface area contributed by atoms with Gasteiger partial charge in [0.05, 0.1) is 12.7 Å². The van der Waals surface area contributed by atoms with Gasteiger partial charge < -0.3 is 15.2 Å². The summed E-state index contributed by atoms with van der Waals surface area (Å²) in [5.74, 6) is 0. The molecule has 27 heavy (non-hydrogen) atoms. The summed E-state index contributed by atoms with van der Waals surface area (Å²) in [7, 11) is 1.90. The quantitative estimate of drug-likeness (QED) is 0.734. The molecule has 6 nitrogen and oxygen atoms in total. The second-order valence-electron chi connectivity index (χ2n) is 7.05. The summed E-state index contributed by atoms with van der Waals surface area (Å²) in [5.41, 5.74) is 1.30. The molecule has 0 aliphatic carbocycles. The van der Waals surface area contributed by atoms with E-state index < -0.39 is 6.09 Å². The van der Waals surface area contributed by atoms with E-state index in [4.69, 9.17) is 0 Å². The molecule has 2 unspecified atom stereocenters. The number of fused-ring (bicyclic) bond motifs is 1. The molecule has 0 radical (unpaired) electrons. The first-order valence-corrected chi connectivity index (χ1v) is 9.44. The number of carboxylic acid groups (broad SMARTS) is 1. The zero-order valence-electron chi connectivity index (χ0n) is 15.7. The number of nitrogens with one attached hydrogen (secondary N) is 1. The van der Waals surface area contributed by atoms with Gasteiger partial charge in [0.1, 0.15) is 6.29 Å². The van der Waals surface area contributed by atoms with Gasteiger partial charge in [-0.25, -0.2) is 4.79 Å². The summed E-state index contributed by atoms with van der Waals surface area (Å²) < 4.78 is 0. The molecule has 0 aromatic heterocycles. The van der Waals surface area contributed by atoms with Gasteiger partial charge in [-0.05, 0) is 42.6 Å². The maximum absolute atomic E-state index is 11.4. The fourth-order valence-corrected chi connectivity index (χ4v) is 3.98. The molecule has 2 atom stereocenters. The minimum Gasteiger partial charge on any atom is -0.465 e. The van der Waals surface area contributed by atoms with E-state index in [1.165, 1.54) is 21.2 Å². The Kier molecular flexibility index (Phi) is 6.42. The number of piperidine rings is 1. The highest BCUT2D eigenvalue weighted by molar-refractivity contribution is 5.83. The minimum absolute atomic E-state index is 0.0620. The summed E-state index contributed by atoms with van der Waals surface area (Å²) in [6.45, 7) is 1.66. The maximum Gasteiger partial charge on any atom is 0.407 e. The second-order valence-corrected chi connectivity index (χ2v) is 7.05. The van der Waals surface area contributed by atoms with E-state index in [1.807, 2.05) is 7.05 Å². The lowest BCUT2D eigenvalue weighted by atomic mass is 9.99. The second kappa shape index (κ2) is 8.97. The highest BCUT2D eigenvalue weighted by atomic mass is 16.4. The van der Waals surface area contributed by atoms with Crippen molar-refractivity contribution < 1.29 is 14.7 Å². The lowest BCUT2D eigenvalue weighted by Gasteiger charge is -2.42. The molecule has 2 aromatic carbocycles. The Balaban J connectivity index is 1.61. The van der Waals surface area contributed by atoms with Crippen LogP contribution in [0.4, 0.5) is 4.79 Å². The van der Waals surface area contributed by atoms with Gasteiger partial charge in [0.15, 0.2) is 0 Å². The molecule has 2 N–H and O–H groups in total. The third-order valence-electron chi connectivity index (χ3n) is 5.48. The Morgan fingerprint density at radius 3 is 2.78 bits per heavy atom. The van der Waals surface area contributed by atoms with Crippen molar-refractivity contribution >= 4 is 23.2 Å². The van der Waals surface area contributed by atoms with Gasteiger partial charge in [-0.3, -0.25) is 9.80 Å². The van der Waals surface area contributed by atoms with Crippen LogP contribution in [0.15, 0.2) is 42.5 Å². The van der Waals surface area contributed by atoms with Crippen LogP contribution in [0.1, 0.15) is 18.4 Å². The van der Waals surface area contributed by atoms with Crippen LogP contribution in [0.25, 0.3) is 10.8 Å². The molecule has 1 aliphatic heterocycles. The number of hydrogen-bond donors (Lipinski definition) is 2. The number of amides is 1. The van der Waals surface area contributed by atoms with Gasteiger partial charge >= 0.3 is 6.09 Å². The first-order chi connectivity index (χ1) is 13.1. The summed E-state index contributed by atoms with van der Waals surface area (Å²) in [6.07, 6.45) is 2.13. The van der Waals surface area contributed by atoms with Crippen molar-refractivity contribution in [3.63, 3.8) is 0 Å². The lowest BCUT2D eigenvalue weighted by molar-refractivity contribution is -0.109. The molecule has 1 fully saturated rings. The first-order valence-electron chi connectivity index (χ1n) is 9.44. The van der Waals surface area contributed by atoms with Crippen molar-refractivity contribution in [2.45, 2.75) is 31.5 Å². The van der Waals surface area contributed by atoms with Gasteiger partial charge in [-0.1, -0.05) is 42.5 Å². The third-order valence-corrected chi connectivity index (χ3v) is 5.48. The van der Waals surface area contributed by atoms with Crippen LogP contribution in [-0.4, -0.2) is 66.2 Å². The summed E-state index contributed by atoms with van der Waals surface area (Å²) in [5, 5.41) is 15.2. The van der Waals surface area contributed by atoms with E-state index in [2.05, 4.69) is 52.7 Å². The van der Waals surface area contributed by atoms with Gasteiger partial charge in [0.25, 0.3) is 0 Å². The van der Waals surface area contributed by atoms with Crippen LogP contribution < -0.4 is 5.32 Å². The molecular formula is C21H27N3O3. The summed E-state index contributed by atoms with van der Waals surface area (Å²) in [4.78, 5) is 25.8. The van der Waals surface area contributed by atoms with Gasteiger partial charge in [0.2, 0.25) is 0 Å². The van der Waals surface area contributed by atoms with Crippen molar-refractivity contribution in [3.8, 4) is 0 Å². The molecule has 0 spiro atoms. The molecule has 1 aliphatic rings. The van der Waals surface area contributed by atoms with Gasteiger partial charge in [-0.15, -0.1) is 0 Å². The molecular weight excluding hydrogens is 342 g/mol. The first kappa shape index (κ1) is 19.3. The Hall–Kier alpha value is -2.44. The predicted octanol–water partition coefficient (Wildman–Crippen LogP) is 2.57. The van der Waals surface area contributed by atoms with Crippen LogP contribution >= 0.6 is 0 Å². The number of aldehydes is 1. The largest absolute Gasteiger partial charge is 0.465 e. The number of hydrogen-bond acceptors (Lipinski definition) is 4. The zero-order valence-corrected chi connectivity index (χ0v) is 15.7. The number of rotatable bonds is 7. The number of carbonyl (C=O) groups is 2. The van der Waals surface area contributed by atoms with Crippen LogP contribution in [0, 0.1) is 0 Å². The highest BCUT2D eigenvalue weighted by Gasteiger charge is 2.32. The smallest absolute Gasteiger partial charge is 0.407 e. The average molecular weight is 369 g/mol. The Morgan fingerprint density at radius 2 is 2.07 bits per heavy atom. The highest BCUT2D eigenvalue weighted by Crippen LogP contribution is 2.22. The predicted molar refractivity (Wildman–Crippen MR) is 106 cm³/mol. The fourth-order valence-electron chi connectivity index (χ4n) is 3.98. The lowest BCUT2D eigenvalue weighted by Crippen LogP contribution is -2.56. The molecule has 0 saturated carbocycles. The van der Waals surface area contributed by atoms with Crippen molar-refractivity contribution in [2.24, 2.45) is 0 Å². The van der Waals surface area contributed by atoms with E-state index in [0.717, 1.165) is 25.9 Å². The molecule has 3 rings (SSSR count). The van der Waals surface area contributed by atoms with Crippen LogP contribution in [0.3, 0.4) is 0 Å². The Bertz CT molecular complexity index is 795. The van der Waals surface area contributed by atoms with Crippen molar-refractivity contribution in [2.75, 3.05) is 26.7 Å². The van der Waals surface area contributed by atoms with E-state index in [1.54, 1.807) is 0 Å². The molecule has 6 heteroatoms. The molecule has 0 bridgehead atoms. The normalized spacial score (nSPS) is 20.5. The van der Waals surface area contributed by atoms with Crippen molar-refractivity contribution in [1.29, 1.82) is 0 Å². The molecule has 144 valence electrons. The number of carbonyl (C=O) groups excluding carboxylic acids is 1. The average Bonchev–Trinajstić information content (AvgIpc) is 2.70. The van der Waals surface area contributed by atoms with Crippen LogP contribution in [-0.2, 0) is 11.2 Å². The van der Waals surface area contributed by atoms with Crippen LogP contribution in [0.2, 0.25) is 0 Å². The molecule has 1 amide bonds. The van der Waals surface area contributed by atoms with Crippen molar-refractivity contribution in [1.82, 2.24) is 15.1 Å². The standard InChI is InChI=1S/C21H27N3O3/c1-22-20-15-19(24(12-13-25)21(26)27)9-11-23(20)10-8-16-6-7-17-4-2-3-5-18(17)14-16/h2-7,13-14,19-20,22H,8-12,15H2,1H3,(H,26,27). The van der Waals surface area contributed by atoms with E-state index in [9.17, 15) is 14.7 Å². The number of benzene rings is 2. The summed E-state index contributed by atoms with van der Waals surface area (Å²) in [6, 6.07) is 14.8. The van der Waals surface area contributed by atoms with E-state index in [-0.39, 0.29) is 18.8 Å². The zero-order chi connectivity index (χ0) is 19.2. The van der Waals surface area contributed by atoms with Gasteiger partial charge in [-0.2, -0.15) is 0 Å². The van der Waals surface area contributed by atoms with Crippen molar-refractivity contribution in [3.05, 3.63) is 48.0 Å². The Labute approximate surface area is 159 Å². The molecule has 1 heterocycles. The van der Waals surface area contributed by atoms with Gasteiger partial charge in [0, 0.05) is 19.1 Å². The van der Waals surface area contributed by atoms with Crippen LogP contribution in [0.5, 0.6) is 0 Å². The number of nitrogens with zero attached hydrogens (tertiary/aromatic N) is 2. The minimum atomic E-state index is -1.02. The maximum atomic E-state index is 11.4. The number of likely N-dealkylation sites (tertiary alicyclic amines) is 1. The summed E-state index contributed by atoms with van der Waals surface area (Å²) >= 11 is 0. The Morgan fingerprint density at radius 1 is 1.30 bits per heavy atom. The molecule has 1 saturated heterocycles. The van der Waals surface area contributed by atoms with E-state index in [0.29, 0.717) is 12.7 Å².